The van der Waals surface area contributed by atoms with E-state index in [9.17, 15) is 8.42 Å². The molecule has 3 nitrogen and oxygen atoms in total. The zero-order valence-corrected chi connectivity index (χ0v) is 11.1. The fraction of sp³-hybridized carbons (Fsp3) is 0.538. The van der Waals surface area contributed by atoms with E-state index in [1.807, 2.05) is 18.2 Å². The van der Waals surface area contributed by atoms with Crippen molar-refractivity contribution in [1.82, 2.24) is 0 Å². The van der Waals surface area contributed by atoms with E-state index in [1.165, 1.54) is 5.56 Å². The second kappa shape index (κ2) is 4.69. The van der Waals surface area contributed by atoms with Gasteiger partial charge in [-0.05, 0) is 38.3 Å². The van der Waals surface area contributed by atoms with Crippen LogP contribution in [0.25, 0.3) is 0 Å². The smallest absolute Gasteiger partial charge is 0.152 e. The van der Waals surface area contributed by atoms with Crippen molar-refractivity contribution in [3.05, 3.63) is 29.8 Å². The van der Waals surface area contributed by atoms with Crippen LogP contribution in [-0.2, 0) is 16.3 Å². The first-order valence-electron chi connectivity index (χ1n) is 6.05. The number of hydrogen-bond donors (Lipinski definition) is 1. The number of benzene rings is 1. The monoisotopic (exact) mass is 253 g/mol. The number of sulfone groups is 1. The Balaban J connectivity index is 1.93. The van der Waals surface area contributed by atoms with E-state index in [-0.39, 0.29) is 17.0 Å². The minimum Gasteiger partial charge on any atom is -0.382 e. The molecule has 1 aromatic carbocycles. The Kier molecular flexibility index (Phi) is 3.43. The number of nitrogens with one attached hydrogen (secondary N) is 1. The third-order valence-electron chi connectivity index (χ3n) is 3.31. The van der Waals surface area contributed by atoms with Gasteiger partial charge in [0.1, 0.15) is 0 Å². The predicted molar refractivity (Wildman–Crippen MR) is 71.1 cm³/mol. The molecule has 0 spiro atoms. The maximum absolute atomic E-state index is 11.7. The summed E-state index contributed by atoms with van der Waals surface area (Å²) in [6.45, 7) is 3.48. The van der Waals surface area contributed by atoms with Gasteiger partial charge in [0.05, 0.1) is 11.0 Å². The van der Waals surface area contributed by atoms with E-state index in [0.29, 0.717) is 6.42 Å². The summed E-state index contributed by atoms with van der Waals surface area (Å²) in [5.74, 6) is 0.274. The van der Waals surface area contributed by atoms with Crippen LogP contribution in [0.5, 0.6) is 0 Å². The standard InChI is InChI=1S/C13H19NO2S/c1-10(2)17(15,16)8-7-12-9-11-5-3-4-6-13(11)14-12/h3-6,10,12,14H,7-9H2,1-2H3. The Morgan fingerprint density at radius 3 is 2.71 bits per heavy atom. The van der Waals surface area contributed by atoms with Crippen molar-refractivity contribution in [3.63, 3.8) is 0 Å². The maximum atomic E-state index is 11.7. The lowest BCUT2D eigenvalue weighted by Gasteiger charge is -2.13. The molecule has 1 aliphatic heterocycles. The zero-order chi connectivity index (χ0) is 12.5. The van der Waals surface area contributed by atoms with Gasteiger partial charge in [-0.25, -0.2) is 8.42 Å². The number of anilines is 1. The summed E-state index contributed by atoms with van der Waals surface area (Å²) in [7, 11) is -2.91. The van der Waals surface area contributed by atoms with Gasteiger partial charge in [0.2, 0.25) is 0 Å². The van der Waals surface area contributed by atoms with E-state index >= 15 is 0 Å². The number of para-hydroxylation sites is 1. The first-order valence-corrected chi connectivity index (χ1v) is 7.76. The maximum Gasteiger partial charge on any atom is 0.152 e. The molecule has 1 unspecified atom stereocenters. The lowest BCUT2D eigenvalue weighted by Crippen LogP contribution is -2.24. The van der Waals surface area contributed by atoms with Crippen LogP contribution in [0.2, 0.25) is 0 Å². The number of fused-ring (bicyclic) bond motifs is 1. The average Bonchev–Trinajstić information content (AvgIpc) is 2.69. The van der Waals surface area contributed by atoms with Gasteiger partial charge in [-0.1, -0.05) is 18.2 Å². The molecular formula is C13H19NO2S. The third kappa shape index (κ3) is 2.80. The van der Waals surface area contributed by atoms with E-state index in [4.69, 9.17) is 0 Å². The SMILES string of the molecule is CC(C)S(=O)(=O)CCC1Cc2ccccc2N1. The minimum atomic E-state index is -2.91. The fourth-order valence-corrected chi connectivity index (χ4v) is 3.18. The molecule has 0 saturated heterocycles. The summed E-state index contributed by atoms with van der Waals surface area (Å²) in [5, 5.41) is 3.11. The van der Waals surface area contributed by atoms with E-state index in [2.05, 4.69) is 11.4 Å². The van der Waals surface area contributed by atoms with Crippen LogP contribution < -0.4 is 5.32 Å². The normalized spacial score (nSPS) is 19.1. The Labute approximate surface area is 103 Å². The van der Waals surface area contributed by atoms with Crippen LogP contribution in [0.4, 0.5) is 5.69 Å². The fourth-order valence-electron chi connectivity index (χ4n) is 2.09. The van der Waals surface area contributed by atoms with Crippen molar-refractivity contribution in [2.75, 3.05) is 11.1 Å². The molecule has 1 atom stereocenters. The second-order valence-corrected chi connectivity index (χ2v) is 7.58. The second-order valence-electron chi connectivity index (χ2n) is 4.91. The van der Waals surface area contributed by atoms with Crippen LogP contribution in [0, 0.1) is 0 Å². The average molecular weight is 253 g/mol. The molecule has 4 heteroatoms. The van der Waals surface area contributed by atoms with Crippen LogP contribution in [0.15, 0.2) is 24.3 Å². The van der Waals surface area contributed by atoms with Crippen molar-refractivity contribution in [3.8, 4) is 0 Å². The van der Waals surface area contributed by atoms with Gasteiger partial charge in [0, 0.05) is 11.7 Å². The highest BCUT2D eigenvalue weighted by Gasteiger charge is 2.23. The molecule has 94 valence electrons. The molecule has 1 heterocycles. The van der Waals surface area contributed by atoms with E-state index < -0.39 is 9.84 Å². The molecule has 2 rings (SSSR count). The third-order valence-corrected chi connectivity index (χ3v) is 5.55. The van der Waals surface area contributed by atoms with Crippen molar-refractivity contribution in [2.45, 2.75) is 38.0 Å². The molecule has 0 fully saturated rings. The lowest BCUT2D eigenvalue weighted by molar-refractivity contribution is 0.580. The van der Waals surface area contributed by atoms with Crippen molar-refractivity contribution in [2.24, 2.45) is 0 Å². The summed E-state index contributed by atoms with van der Waals surface area (Å²) in [6.07, 6.45) is 1.62. The van der Waals surface area contributed by atoms with Gasteiger partial charge in [-0.3, -0.25) is 0 Å². The van der Waals surface area contributed by atoms with Crippen molar-refractivity contribution in [1.29, 1.82) is 0 Å². The molecular weight excluding hydrogens is 234 g/mol. The topological polar surface area (TPSA) is 46.2 Å². The molecule has 1 N–H and O–H groups in total. The highest BCUT2D eigenvalue weighted by atomic mass is 32.2. The largest absolute Gasteiger partial charge is 0.382 e. The molecule has 0 aliphatic carbocycles. The molecule has 0 radical (unpaired) electrons. The van der Waals surface area contributed by atoms with Gasteiger partial charge in [-0.15, -0.1) is 0 Å². The molecule has 17 heavy (non-hydrogen) atoms. The molecule has 0 amide bonds. The Morgan fingerprint density at radius 1 is 1.35 bits per heavy atom. The Hall–Kier alpha value is -1.03. The lowest BCUT2D eigenvalue weighted by atomic mass is 10.1. The minimum absolute atomic E-state index is 0.265. The highest BCUT2D eigenvalue weighted by Crippen LogP contribution is 2.26. The summed E-state index contributed by atoms with van der Waals surface area (Å²) < 4.78 is 23.5. The summed E-state index contributed by atoms with van der Waals surface area (Å²) in [4.78, 5) is 0. The number of rotatable bonds is 4. The van der Waals surface area contributed by atoms with E-state index in [0.717, 1.165) is 12.1 Å². The summed E-state index contributed by atoms with van der Waals surface area (Å²) in [5.41, 5.74) is 2.44. The predicted octanol–water partition coefficient (Wildman–Crippen LogP) is 2.24. The number of hydrogen-bond acceptors (Lipinski definition) is 3. The Morgan fingerprint density at radius 2 is 2.06 bits per heavy atom. The molecule has 0 saturated carbocycles. The van der Waals surface area contributed by atoms with Crippen LogP contribution >= 0.6 is 0 Å². The molecule has 0 bridgehead atoms. The summed E-state index contributed by atoms with van der Waals surface area (Å²) in [6, 6.07) is 8.43. The van der Waals surface area contributed by atoms with E-state index in [1.54, 1.807) is 13.8 Å². The quantitative estimate of drug-likeness (QED) is 0.895. The highest BCUT2D eigenvalue weighted by molar-refractivity contribution is 7.91. The first-order chi connectivity index (χ1) is 7.99. The van der Waals surface area contributed by atoms with Crippen molar-refractivity contribution < 1.29 is 8.42 Å². The van der Waals surface area contributed by atoms with Gasteiger partial charge in [0.15, 0.2) is 9.84 Å². The molecule has 1 aromatic rings. The summed E-state index contributed by atoms with van der Waals surface area (Å²) >= 11 is 0. The van der Waals surface area contributed by atoms with Crippen molar-refractivity contribution >= 4 is 15.5 Å². The van der Waals surface area contributed by atoms with Gasteiger partial charge >= 0.3 is 0 Å². The Bertz CT molecular complexity index is 469. The van der Waals surface area contributed by atoms with Crippen LogP contribution in [-0.4, -0.2) is 25.5 Å². The van der Waals surface area contributed by atoms with Crippen LogP contribution in [0.3, 0.4) is 0 Å². The van der Waals surface area contributed by atoms with Crippen LogP contribution in [0.1, 0.15) is 25.8 Å². The van der Waals surface area contributed by atoms with Gasteiger partial charge < -0.3 is 5.32 Å². The van der Waals surface area contributed by atoms with Gasteiger partial charge in [0.25, 0.3) is 0 Å². The molecule has 0 aromatic heterocycles. The molecule has 1 aliphatic rings. The first kappa shape index (κ1) is 12.4. The van der Waals surface area contributed by atoms with Gasteiger partial charge in [-0.2, -0.15) is 0 Å². The zero-order valence-electron chi connectivity index (χ0n) is 10.3.